The normalized spacial score (nSPS) is 19.1. The molecule has 0 aliphatic carbocycles. The van der Waals surface area contributed by atoms with Crippen molar-refractivity contribution in [3.05, 3.63) is 64.7 Å². The van der Waals surface area contributed by atoms with Gasteiger partial charge in [0, 0.05) is 54.1 Å². The first-order valence-electron chi connectivity index (χ1n) is 9.57. The lowest BCUT2D eigenvalue weighted by atomic mass is 9.96. The summed E-state index contributed by atoms with van der Waals surface area (Å²) in [7, 11) is 0. The number of aliphatic hydroxyl groups is 1. The minimum absolute atomic E-state index is 0.255. The average molecular weight is 401 g/mol. The lowest BCUT2D eigenvalue weighted by Gasteiger charge is -2.34. The van der Waals surface area contributed by atoms with E-state index in [2.05, 4.69) is 52.3 Å². The predicted octanol–water partition coefficient (Wildman–Crippen LogP) is 4.24. The first kappa shape index (κ1) is 19.0. The van der Waals surface area contributed by atoms with Gasteiger partial charge in [-0.05, 0) is 47.4 Å². The Balaban J connectivity index is 1.49. The van der Waals surface area contributed by atoms with Gasteiger partial charge in [0.1, 0.15) is 0 Å². The number of rotatable bonds is 5. The van der Waals surface area contributed by atoms with Crippen LogP contribution in [0, 0.1) is 0 Å². The zero-order chi connectivity index (χ0) is 18.6. The zero-order valence-corrected chi connectivity index (χ0v) is 17.0. The number of piperazine rings is 1. The molecule has 4 rings (SSSR count). The number of aliphatic hydroxyl groups excluding tert-OH is 1. The molecular weight excluding hydrogens is 376 g/mol. The summed E-state index contributed by atoms with van der Waals surface area (Å²) in [6.07, 6.45) is 3.41. The number of benzene rings is 2. The number of β-amino-alcohol motifs (C(OH)–C–C–N with tert-alkyl or cyclic N) is 1. The molecule has 5 heteroatoms. The quantitative estimate of drug-likeness (QED) is 0.693. The molecule has 3 nitrogen and oxygen atoms in total. The molecule has 2 aliphatic heterocycles. The van der Waals surface area contributed by atoms with Crippen molar-refractivity contribution < 1.29 is 5.11 Å². The highest BCUT2D eigenvalue weighted by atomic mass is 35.5. The maximum Gasteiger partial charge on any atom is 0.0558 e. The van der Waals surface area contributed by atoms with Crippen molar-refractivity contribution in [2.45, 2.75) is 16.2 Å². The van der Waals surface area contributed by atoms with E-state index in [1.807, 2.05) is 17.8 Å². The second-order valence-electron chi connectivity index (χ2n) is 7.05. The van der Waals surface area contributed by atoms with Crippen LogP contribution in [-0.2, 0) is 0 Å². The molecule has 0 amide bonds. The third kappa shape index (κ3) is 4.41. The molecule has 1 N–H and O–H groups in total. The third-order valence-electron chi connectivity index (χ3n) is 5.30. The monoisotopic (exact) mass is 400 g/mol. The molecule has 0 atom stereocenters. The van der Waals surface area contributed by atoms with Crippen LogP contribution in [0.4, 0.5) is 0 Å². The van der Waals surface area contributed by atoms with E-state index in [1.165, 1.54) is 26.5 Å². The molecular formula is C22H25ClN2OS. The molecule has 1 saturated heterocycles. The lowest BCUT2D eigenvalue weighted by Crippen LogP contribution is -2.47. The summed E-state index contributed by atoms with van der Waals surface area (Å²) in [6, 6.07) is 14.8. The van der Waals surface area contributed by atoms with Crippen LogP contribution < -0.4 is 0 Å². The number of fused-ring (bicyclic) bond motifs is 2. The molecule has 2 aromatic rings. The van der Waals surface area contributed by atoms with Crippen molar-refractivity contribution in [1.29, 1.82) is 0 Å². The summed E-state index contributed by atoms with van der Waals surface area (Å²) in [4.78, 5) is 7.45. The van der Waals surface area contributed by atoms with E-state index in [4.69, 9.17) is 16.7 Å². The summed E-state index contributed by atoms with van der Waals surface area (Å²) in [6.45, 7) is 6.39. The SMILES string of the molecule is OCCN1CCN(CC/C=C2\c3ccccc3Sc3ccc(Cl)cc32)CC1. The Morgan fingerprint density at radius 3 is 2.41 bits per heavy atom. The van der Waals surface area contributed by atoms with Gasteiger partial charge >= 0.3 is 0 Å². The summed E-state index contributed by atoms with van der Waals surface area (Å²) >= 11 is 8.12. The van der Waals surface area contributed by atoms with Crippen LogP contribution in [0.1, 0.15) is 17.5 Å². The molecule has 27 heavy (non-hydrogen) atoms. The van der Waals surface area contributed by atoms with Crippen LogP contribution in [0.15, 0.2) is 58.3 Å². The zero-order valence-electron chi connectivity index (χ0n) is 15.4. The van der Waals surface area contributed by atoms with Crippen molar-refractivity contribution in [3.8, 4) is 0 Å². The Kier molecular flexibility index (Phi) is 6.21. The molecule has 1 fully saturated rings. The maximum atomic E-state index is 9.08. The van der Waals surface area contributed by atoms with Gasteiger partial charge in [-0.3, -0.25) is 4.90 Å². The average Bonchev–Trinajstić information content (AvgIpc) is 2.69. The number of nitrogens with zero attached hydrogens (tertiary/aromatic N) is 2. The number of hydrogen-bond acceptors (Lipinski definition) is 4. The fourth-order valence-corrected chi connectivity index (χ4v) is 5.09. The minimum Gasteiger partial charge on any atom is -0.395 e. The van der Waals surface area contributed by atoms with Gasteiger partial charge in [0.2, 0.25) is 0 Å². The summed E-state index contributed by atoms with van der Waals surface area (Å²) < 4.78 is 0. The number of hydrogen-bond donors (Lipinski definition) is 1. The van der Waals surface area contributed by atoms with Gasteiger partial charge in [-0.15, -0.1) is 0 Å². The van der Waals surface area contributed by atoms with E-state index < -0.39 is 0 Å². The van der Waals surface area contributed by atoms with Gasteiger partial charge in [-0.1, -0.05) is 47.6 Å². The Hall–Kier alpha value is -1.30. The van der Waals surface area contributed by atoms with Crippen LogP contribution in [0.25, 0.3) is 5.57 Å². The maximum absolute atomic E-state index is 9.08. The second-order valence-corrected chi connectivity index (χ2v) is 8.57. The third-order valence-corrected chi connectivity index (χ3v) is 6.69. The van der Waals surface area contributed by atoms with Gasteiger partial charge < -0.3 is 10.0 Å². The fraction of sp³-hybridized carbons (Fsp3) is 0.364. The van der Waals surface area contributed by atoms with E-state index in [9.17, 15) is 0 Å². The number of halogens is 1. The molecule has 0 radical (unpaired) electrons. The van der Waals surface area contributed by atoms with Crippen molar-refractivity contribution >= 4 is 28.9 Å². The minimum atomic E-state index is 0.255. The van der Waals surface area contributed by atoms with Crippen molar-refractivity contribution in [2.24, 2.45) is 0 Å². The lowest BCUT2D eigenvalue weighted by molar-refractivity contribution is 0.114. The van der Waals surface area contributed by atoms with Crippen LogP contribution in [0.2, 0.25) is 5.02 Å². The molecule has 0 aromatic heterocycles. The smallest absolute Gasteiger partial charge is 0.0558 e. The van der Waals surface area contributed by atoms with Gasteiger partial charge in [-0.25, -0.2) is 0 Å². The summed E-state index contributed by atoms with van der Waals surface area (Å²) in [5, 5.41) is 9.87. The molecule has 142 valence electrons. The van der Waals surface area contributed by atoms with Gasteiger partial charge in [0.15, 0.2) is 0 Å². The van der Waals surface area contributed by atoms with Crippen molar-refractivity contribution in [1.82, 2.24) is 9.80 Å². The first-order valence-corrected chi connectivity index (χ1v) is 10.8. The first-order chi connectivity index (χ1) is 13.2. The second kappa shape index (κ2) is 8.80. The van der Waals surface area contributed by atoms with Gasteiger partial charge in [0.25, 0.3) is 0 Å². The molecule has 0 bridgehead atoms. The van der Waals surface area contributed by atoms with Crippen LogP contribution in [0.3, 0.4) is 0 Å². The Morgan fingerprint density at radius 2 is 1.63 bits per heavy atom. The Labute approximate surface area is 170 Å². The van der Waals surface area contributed by atoms with Gasteiger partial charge in [-0.2, -0.15) is 0 Å². The Morgan fingerprint density at radius 1 is 0.926 bits per heavy atom. The van der Waals surface area contributed by atoms with Crippen LogP contribution in [-0.4, -0.2) is 60.8 Å². The summed E-state index contributed by atoms with van der Waals surface area (Å²) in [5.41, 5.74) is 3.87. The molecule has 0 spiro atoms. The topological polar surface area (TPSA) is 26.7 Å². The van der Waals surface area contributed by atoms with Crippen LogP contribution >= 0.6 is 23.4 Å². The largest absolute Gasteiger partial charge is 0.395 e. The molecule has 2 heterocycles. The van der Waals surface area contributed by atoms with Crippen LogP contribution in [0.5, 0.6) is 0 Å². The van der Waals surface area contributed by atoms with E-state index >= 15 is 0 Å². The van der Waals surface area contributed by atoms with Crippen molar-refractivity contribution in [2.75, 3.05) is 45.9 Å². The Bertz CT molecular complexity index is 831. The highest BCUT2D eigenvalue weighted by Gasteiger charge is 2.21. The van der Waals surface area contributed by atoms with E-state index in [0.29, 0.717) is 0 Å². The standard InChI is InChI=1S/C22H25ClN2OS/c23-17-7-8-22-20(16-17)18(19-4-1-2-6-21(19)27-22)5-3-9-24-10-12-25(13-11-24)14-15-26/h1-2,4-8,16,26H,3,9-15H2/b18-5+. The van der Waals surface area contributed by atoms with E-state index in [-0.39, 0.29) is 6.61 Å². The molecule has 0 unspecified atom stereocenters. The van der Waals surface area contributed by atoms with E-state index in [1.54, 1.807) is 0 Å². The van der Waals surface area contributed by atoms with Gasteiger partial charge in [0.05, 0.1) is 6.61 Å². The molecule has 2 aliphatic rings. The molecule has 2 aromatic carbocycles. The fourth-order valence-electron chi connectivity index (χ4n) is 3.83. The highest BCUT2D eigenvalue weighted by Crippen LogP contribution is 2.46. The molecule has 0 saturated carbocycles. The van der Waals surface area contributed by atoms with E-state index in [0.717, 1.165) is 50.7 Å². The van der Waals surface area contributed by atoms with Crippen molar-refractivity contribution in [3.63, 3.8) is 0 Å². The summed E-state index contributed by atoms with van der Waals surface area (Å²) in [5.74, 6) is 0. The highest BCUT2D eigenvalue weighted by molar-refractivity contribution is 7.99. The predicted molar refractivity (Wildman–Crippen MR) is 114 cm³/mol.